The fourth-order valence-corrected chi connectivity index (χ4v) is 1.87. The Kier molecular flexibility index (Phi) is 4.46. The summed E-state index contributed by atoms with van der Waals surface area (Å²) in [6, 6.07) is -0.265. The van der Waals surface area contributed by atoms with E-state index in [0.29, 0.717) is 6.61 Å². The molecule has 0 aromatic rings. The maximum Gasteiger partial charge on any atom is 0.413 e. The van der Waals surface area contributed by atoms with Crippen molar-refractivity contribution < 1.29 is 14.3 Å². The van der Waals surface area contributed by atoms with Gasteiger partial charge in [0.25, 0.3) is 0 Å². The van der Waals surface area contributed by atoms with Gasteiger partial charge in [0.05, 0.1) is 6.61 Å². The fourth-order valence-electron chi connectivity index (χ4n) is 1.87. The van der Waals surface area contributed by atoms with E-state index in [1.165, 1.54) is 0 Å². The maximum atomic E-state index is 12.4. The van der Waals surface area contributed by atoms with Crippen molar-refractivity contribution in [2.24, 2.45) is 5.41 Å². The molecule has 0 N–H and O–H groups in total. The minimum atomic E-state index is -0.695. The minimum Gasteiger partial charge on any atom is -0.444 e. The molecule has 0 aliphatic carbocycles. The molecule has 1 amide bonds. The number of carbonyl (C=O) groups is 1. The van der Waals surface area contributed by atoms with E-state index in [4.69, 9.17) is 9.47 Å². The van der Waals surface area contributed by atoms with Gasteiger partial charge in [-0.1, -0.05) is 11.8 Å². The highest BCUT2D eigenvalue weighted by Gasteiger charge is 2.45. The molecule has 0 saturated carbocycles. The molecule has 1 fully saturated rings. The summed E-state index contributed by atoms with van der Waals surface area (Å²) in [6.45, 7) is 15.8. The summed E-state index contributed by atoms with van der Waals surface area (Å²) in [5.74, 6) is 6.31. The Bertz CT molecular complexity index is 429. The lowest BCUT2D eigenvalue weighted by atomic mass is 9.97. The molecule has 1 aliphatic heterocycles. The van der Waals surface area contributed by atoms with E-state index in [1.807, 2.05) is 55.4 Å². The normalized spacial score (nSPS) is 22.2. The number of rotatable bonds is 0. The lowest BCUT2D eigenvalue weighted by Gasteiger charge is -2.33. The molecule has 0 aromatic carbocycles. The van der Waals surface area contributed by atoms with Crippen LogP contribution in [0.4, 0.5) is 4.79 Å². The number of ether oxygens (including phenoxy) is 2. The van der Waals surface area contributed by atoms with Crippen LogP contribution in [0.15, 0.2) is 0 Å². The van der Waals surface area contributed by atoms with Crippen LogP contribution in [0.25, 0.3) is 0 Å². The molecule has 1 saturated heterocycles. The first-order chi connectivity index (χ1) is 8.82. The van der Waals surface area contributed by atoms with Crippen molar-refractivity contribution in [3.8, 4) is 11.8 Å². The van der Waals surface area contributed by atoms with Crippen molar-refractivity contribution in [1.29, 1.82) is 0 Å². The molecule has 1 heterocycles. The van der Waals surface area contributed by atoms with Crippen molar-refractivity contribution in [2.75, 3.05) is 6.61 Å². The number of nitrogens with zero attached hydrogens (tertiary/aromatic N) is 1. The highest BCUT2D eigenvalue weighted by molar-refractivity contribution is 5.70. The van der Waals surface area contributed by atoms with Crippen LogP contribution < -0.4 is 0 Å². The van der Waals surface area contributed by atoms with Crippen LogP contribution in [-0.2, 0) is 9.47 Å². The molecule has 114 valence electrons. The third-order valence-corrected chi connectivity index (χ3v) is 2.69. The largest absolute Gasteiger partial charge is 0.444 e. The van der Waals surface area contributed by atoms with Crippen LogP contribution in [0.3, 0.4) is 0 Å². The van der Waals surface area contributed by atoms with Crippen molar-refractivity contribution in [2.45, 2.75) is 72.8 Å². The predicted molar refractivity (Wildman–Crippen MR) is 79.1 cm³/mol. The van der Waals surface area contributed by atoms with Crippen LogP contribution in [0.5, 0.6) is 0 Å². The monoisotopic (exact) mass is 281 g/mol. The van der Waals surface area contributed by atoms with Gasteiger partial charge in [-0.05, 0) is 55.4 Å². The van der Waals surface area contributed by atoms with Gasteiger partial charge in [-0.15, -0.1) is 0 Å². The zero-order chi connectivity index (χ0) is 15.8. The van der Waals surface area contributed by atoms with Crippen molar-refractivity contribution >= 4 is 6.09 Å². The zero-order valence-electron chi connectivity index (χ0n) is 14.0. The first-order valence-electron chi connectivity index (χ1n) is 7.01. The topological polar surface area (TPSA) is 38.8 Å². The SMILES string of the molecule is CC(C)(C)C#C[C@H]1COC(C)(C)N1C(=O)OC(C)(C)C. The van der Waals surface area contributed by atoms with Gasteiger partial charge in [0, 0.05) is 5.41 Å². The predicted octanol–water partition coefficient (Wildman–Crippen LogP) is 3.41. The lowest BCUT2D eigenvalue weighted by Crippen LogP contribution is -2.49. The van der Waals surface area contributed by atoms with Crippen molar-refractivity contribution in [3.63, 3.8) is 0 Å². The maximum absolute atomic E-state index is 12.4. The third kappa shape index (κ3) is 4.72. The van der Waals surface area contributed by atoms with E-state index >= 15 is 0 Å². The number of carbonyl (C=O) groups excluding carboxylic acids is 1. The first kappa shape index (κ1) is 16.8. The van der Waals surface area contributed by atoms with Gasteiger partial charge in [-0.25, -0.2) is 4.79 Å². The second-order valence-corrected chi connectivity index (χ2v) is 7.64. The number of amides is 1. The molecule has 1 rings (SSSR count). The average Bonchev–Trinajstić information content (AvgIpc) is 2.46. The zero-order valence-corrected chi connectivity index (χ0v) is 14.0. The summed E-state index contributed by atoms with van der Waals surface area (Å²) >= 11 is 0. The summed E-state index contributed by atoms with van der Waals surface area (Å²) in [4.78, 5) is 14.0. The summed E-state index contributed by atoms with van der Waals surface area (Å²) in [6.07, 6.45) is -0.381. The quantitative estimate of drug-likeness (QED) is 0.639. The first-order valence-corrected chi connectivity index (χ1v) is 7.01. The van der Waals surface area contributed by atoms with E-state index < -0.39 is 11.3 Å². The van der Waals surface area contributed by atoms with Crippen LogP contribution in [-0.4, -0.2) is 35.0 Å². The van der Waals surface area contributed by atoms with Crippen molar-refractivity contribution in [3.05, 3.63) is 0 Å². The molecule has 0 aromatic heterocycles. The molecule has 1 aliphatic rings. The van der Waals surface area contributed by atoms with E-state index in [9.17, 15) is 4.79 Å². The molecule has 4 nitrogen and oxygen atoms in total. The highest BCUT2D eigenvalue weighted by Crippen LogP contribution is 2.29. The van der Waals surface area contributed by atoms with Gasteiger partial charge in [0.2, 0.25) is 0 Å². The van der Waals surface area contributed by atoms with E-state index in [2.05, 4.69) is 11.8 Å². The Labute approximate surface area is 122 Å². The lowest BCUT2D eigenvalue weighted by molar-refractivity contribution is -0.0608. The Morgan fingerprint density at radius 3 is 2.25 bits per heavy atom. The smallest absolute Gasteiger partial charge is 0.413 e. The second-order valence-electron chi connectivity index (χ2n) is 7.64. The molecule has 0 unspecified atom stereocenters. The molecule has 0 radical (unpaired) electrons. The van der Waals surface area contributed by atoms with Crippen LogP contribution >= 0.6 is 0 Å². The molecule has 0 bridgehead atoms. The second kappa shape index (κ2) is 5.29. The van der Waals surface area contributed by atoms with E-state index in [1.54, 1.807) is 4.90 Å². The van der Waals surface area contributed by atoms with Gasteiger partial charge >= 0.3 is 6.09 Å². The van der Waals surface area contributed by atoms with Gasteiger partial charge in [0.1, 0.15) is 17.4 Å². The molecular weight excluding hydrogens is 254 g/mol. The fraction of sp³-hybridized carbons (Fsp3) is 0.812. The average molecular weight is 281 g/mol. The molecule has 0 spiro atoms. The van der Waals surface area contributed by atoms with Crippen LogP contribution in [0.1, 0.15) is 55.4 Å². The minimum absolute atomic E-state index is 0.105. The standard InChI is InChI=1S/C16H27NO3/c1-14(2,3)10-9-12-11-19-16(7,8)17(12)13(18)20-15(4,5)6/h12H,11H2,1-8H3/t12-/m0/s1. The van der Waals surface area contributed by atoms with Gasteiger partial charge in [-0.2, -0.15) is 0 Å². The number of hydrogen-bond donors (Lipinski definition) is 0. The summed E-state index contributed by atoms with van der Waals surface area (Å²) in [7, 11) is 0. The highest BCUT2D eigenvalue weighted by atomic mass is 16.6. The third-order valence-electron chi connectivity index (χ3n) is 2.69. The Morgan fingerprint density at radius 2 is 1.80 bits per heavy atom. The summed E-state index contributed by atoms with van der Waals surface area (Å²) in [5.41, 5.74) is -1.33. The summed E-state index contributed by atoms with van der Waals surface area (Å²) < 4.78 is 11.1. The van der Waals surface area contributed by atoms with Crippen molar-refractivity contribution in [1.82, 2.24) is 4.90 Å². The molecule has 4 heteroatoms. The van der Waals surface area contributed by atoms with Gasteiger partial charge in [-0.3, -0.25) is 4.90 Å². The Hall–Kier alpha value is -1.21. The van der Waals surface area contributed by atoms with Gasteiger partial charge in [0.15, 0.2) is 0 Å². The van der Waals surface area contributed by atoms with Crippen LogP contribution in [0.2, 0.25) is 0 Å². The van der Waals surface area contributed by atoms with E-state index in [0.717, 1.165) is 0 Å². The Morgan fingerprint density at radius 1 is 1.25 bits per heavy atom. The van der Waals surface area contributed by atoms with E-state index in [-0.39, 0.29) is 17.6 Å². The molecular formula is C16H27NO3. The Balaban J connectivity index is 2.96. The van der Waals surface area contributed by atoms with Crippen LogP contribution in [0, 0.1) is 17.3 Å². The molecule has 1 atom stereocenters. The molecule has 20 heavy (non-hydrogen) atoms. The number of hydrogen-bond acceptors (Lipinski definition) is 3. The summed E-state index contributed by atoms with van der Waals surface area (Å²) in [5, 5.41) is 0. The van der Waals surface area contributed by atoms with Gasteiger partial charge < -0.3 is 9.47 Å².